The zero-order valence-electron chi connectivity index (χ0n) is 10.3. The molecule has 1 saturated carbocycles. The molecule has 0 amide bonds. The van der Waals surface area contributed by atoms with Gasteiger partial charge in [0.15, 0.2) is 0 Å². The molecule has 2 aliphatic rings. The Kier molecular flexibility index (Phi) is 3.21. The van der Waals surface area contributed by atoms with Gasteiger partial charge in [0.25, 0.3) is 0 Å². The van der Waals surface area contributed by atoms with Crippen molar-refractivity contribution in [2.75, 3.05) is 6.54 Å². The summed E-state index contributed by atoms with van der Waals surface area (Å²) in [5, 5.41) is 8.99. The monoisotopic (exact) mass is 235 g/mol. The van der Waals surface area contributed by atoms with Crippen LogP contribution in [0.2, 0.25) is 0 Å². The first kappa shape index (κ1) is 11.3. The summed E-state index contributed by atoms with van der Waals surface area (Å²) < 4.78 is 5.58. The van der Waals surface area contributed by atoms with Crippen LogP contribution in [0.1, 0.15) is 43.6 Å². The standard InChI is InChI=1S/C14H21NO2/c16-10-13-6-5-12(17-13)9-15-8-7-11-3-1-2-4-14(11)15/h5-6,11,14,16H,1-4,7-10H2. The summed E-state index contributed by atoms with van der Waals surface area (Å²) in [6.45, 7) is 2.14. The lowest BCUT2D eigenvalue weighted by Gasteiger charge is -2.31. The van der Waals surface area contributed by atoms with Gasteiger partial charge >= 0.3 is 0 Å². The topological polar surface area (TPSA) is 36.6 Å². The van der Waals surface area contributed by atoms with Gasteiger partial charge in [-0.1, -0.05) is 12.8 Å². The van der Waals surface area contributed by atoms with Crippen LogP contribution in [0.4, 0.5) is 0 Å². The molecular weight excluding hydrogens is 214 g/mol. The highest BCUT2D eigenvalue weighted by atomic mass is 16.4. The lowest BCUT2D eigenvalue weighted by molar-refractivity contribution is 0.162. The molecule has 94 valence electrons. The van der Waals surface area contributed by atoms with E-state index in [0.29, 0.717) is 5.76 Å². The van der Waals surface area contributed by atoms with Crippen LogP contribution < -0.4 is 0 Å². The molecule has 1 aromatic rings. The van der Waals surface area contributed by atoms with Gasteiger partial charge in [-0.2, -0.15) is 0 Å². The number of furan rings is 1. The van der Waals surface area contributed by atoms with Crippen molar-refractivity contribution in [3.05, 3.63) is 23.7 Å². The predicted molar refractivity (Wildman–Crippen MR) is 65.4 cm³/mol. The molecule has 1 aliphatic heterocycles. The molecule has 0 radical (unpaired) electrons. The van der Waals surface area contributed by atoms with Crippen LogP contribution in [0.15, 0.2) is 16.5 Å². The quantitative estimate of drug-likeness (QED) is 0.874. The summed E-state index contributed by atoms with van der Waals surface area (Å²) in [6.07, 6.45) is 6.94. The van der Waals surface area contributed by atoms with Crippen LogP contribution in [-0.2, 0) is 13.2 Å². The highest BCUT2D eigenvalue weighted by Crippen LogP contribution is 2.36. The van der Waals surface area contributed by atoms with Gasteiger partial charge in [0.2, 0.25) is 0 Å². The Morgan fingerprint density at radius 2 is 2.00 bits per heavy atom. The minimum atomic E-state index is 0.00601. The highest BCUT2D eigenvalue weighted by Gasteiger charge is 2.35. The van der Waals surface area contributed by atoms with Crippen LogP contribution in [-0.4, -0.2) is 22.6 Å². The van der Waals surface area contributed by atoms with Crippen molar-refractivity contribution in [2.24, 2.45) is 5.92 Å². The fourth-order valence-electron chi connectivity index (χ4n) is 3.49. The van der Waals surface area contributed by atoms with E-state index in [4.69, 9.17) is 9.52 Å². The minimum Gasteiger partial charge on any atom is -0.462 e. The summed E-state index contributed by atoms with van der Waals surface area (Å²) in [4.78, 5) is 2.57. The number of rotatable bonds is 3. The molecule has 1 N–H and O–H groups in total. The SMILES string of the molecule is OCc1ccc(CN2CCC3CCCCC32)o1. The van der Waals surface area contributed by atoms with Crippen LogP contribution >= 0.6 is 0 Å². The summed E-state index contributed by atoms with van der Waals surface area (Å²) in [5.41, 5.74) is 0. The Balaban J connectivity index is 1.65. The average Bonchev–Trinajstić information content (AvgIpc) is 2.97. The zero-order valence-corrected chi connectivity index (χ0v) is 10.3. The molecule has 2 heterocycles. The van der Waals surface area contributed by atoms with E-state index >= 15 is 0 Å². The molecule has 3 rings (SSSR count). The van der Waals surface area contributed by atoms with Crippen molar-refractivity contribution in [1.29, 1.82) is 0 Å². The molecule has 3 nitrogen and oxygen atoms in total. The number of aliphatic hydroxyl groups excluding tert-OH is 1. The fourth-order valence-corrected chi connectivity index (χ4v) is 3.49. The van der Waals surface area contributed by atoms with Crippen molar-refractivity contribution in [2.45, 2.75) is 51.3 Å². The van der Waals surface area contributed by atoms with Crippen LogP contribution in [0, 0.1) is 5.92 Å². The van der Waals surface area contributed by atoms with Gasteiger partial charge in [-0.05, 0) is 43.9 Å². The van der Waals surface area contributed by atoms with Crippen molar-refractivity contribution < 1.29 is 9.52 Å². The largest absolute Gasteiger partial charge is 0.462 e. The second-order valence-electron chi connectivity index (χ2n) is 5.40. The highest BCUT2D eigenvalue weighted by molar-refractivity contribution is 5.07. The Hall–Kier alpha value is -0.800. The molecule has 17 heavy (non-hydrogen) atoms. The third-order valence-electron chi connectivity index (χ3n) is 4.36. The average molecular weight is 235 g/mol. The Bertz CT molecular complexity index is 374. The molecule has 0 aromatic carbocycles. The van der Waals surface area contributed by atoms with E-state index in [1.165, 1.54) is 38.6 Å². The number of hydrogen-bond acceptors (Lipinski definition) is 3. The molecule has 2 fully saturated rings. The van der Waals surface area contributed by atoms with Crippen LogP contribution in [0.25, 0.3) is 0 Å². The van der Waals surface area contributed by atoms with Crippen LogP contribution in [0.5, 0.6) is 0 Å². The van der Waals surface area contributed by atoms with E-state index < -0.39 is 0 Å². The normalized spacial score (nSPS) is 29.5. The second kappa shape index (κ2) is 4.83. The van der Waals surface area contributed by atoms with Crippen LogP contribution in [0.3, 0.4) is 0 Å². The van der Waals surface area contributed by atoms with Gasteiger partial charge in [-0.15, -0.1) is 0 Å². The molecule has 3 heteroatoms. The second-order valence-corrected chi connectivity index (χ2v) is 5.40. The molecule has 1 saturated heterocycles. The first-order chi connectivity index (χ1) is 8.36. The third-order valence-corrected chi connectivity index (χ3v) is 4.36. The van der Waals surface area contributed by atoms with Crippen molar-refractivity contribution >= 4 is 0 Å². The van der Waals surface area contributed by atoms with E-state index in [1.54, 1.807) is 0 Å². The van der Waals surface area contributed by atoms with E-state index in [0.717, 1.165) is 24.3 Å². The van der Waals surface area contributed by atoms with E-state index in [1.807, 2.05) is 12.1 Å². The Morgan fingerprint density at radius 3 is 2.82 bits per heavy atom. The molecule has 2 atom stereocenters. The van der Waals surface area contributed by atoms with E-state index in [9.17, 15) is 0 Å². The first-order valence-corrected chi connectivity index (χ1v) is 6.79. The zero-order chi connectivity index (χ0) is 11.7. The van der Waals surface area contributed by atoms with Gasteiger partial charge in [-0.25, -0.2) is 0 Å². The lowest BCUT2D eigenvalue weighted by atomic mass is 9.85. The number of fused-ring (bicyclic) bond motifs is 1. The van der Waals surface area contributed by atoms with Gasteiger partial charge in [0, 0.05) is 6.04 Å². The third kappa shape index (κ3) is 2.26. The number of aliphatic hydroxyl groups is 1. The first-order valence-electron chi connectivity index (χ1n) is 6.79. The van der Waals surface area contributed by atoms with Gasteiger partial charge in [0.1, 0.15) is 18.1 Å². The van der Waals surface area contributed by atoms with Gasteiger partial charge in [0.05, 0.1) is 6.54 Å². The molecule has 1 aliphatic carbocycles. The van der Waals surface area contributed by atoms with E-state index in [-0.39, 0.29) is 6.61 Å². The molecule has 2 unspecified atom stereocenters. The van der Waals surface area contributed by atoms with E-state index in [2.05, 4.69) is 4.90 Å². The maximum atomic E-state index is 8.99. The van der Waals surface area contributed by atoms with Crippen molar-refractivity contribution in [1.82, 2.24) is 4.90 Å². The molecule has 0 bridgehead atoms. The van der Waals surface area contributed by atoms with Gasteiger partial charge < -0.3 is 9.52 Å². The molecule has 1 aromatic heterocycles. The summed E-state index contributed by atoms with van der Waals surface area (Å²) in [7, 11) is 0. The summed E-state index contributed by atoms with van der Waals surface area (Å²) in [6, 6.07) is 4.66. The minimum absolute atomic E-state index is 0.00601. The molecule has 0 spiro atoms. The maximum absolute atomic E-state index is 8.99. The number of hydrogen-bond donors (Lipinski definition) is 1. The van der Waals surface area contributed by atoms with Gasteiger partial charge in [-0.3, -0.25) is 4.90 Å². The number of nitrogens with zero attached hydrogens (tertiary/aromatic N) is 1. The smallest absolute Gasteiger partial charge is 0.129 e. The maximum Gasteiger partial charge on any atom is 0.129 e. The molecular formula is C14H21NO2. The lowest BCUT2D eigenvalue weighted by Crippen LogP contribution is -2.34. The van der Waals surface area contributed by atoms with Crippen molar-refractivity contribution in [3.63, 3.8) is 0 Å². The fraction of sp³-hybridized carbons (Fsp3) is 0.714. The Morgan fingerprint density at radius 1 is 1.18 bits per heavy atom. The Labute approximate surface area is 102 Å². The van der Waals surface area contributed by atoms with Crippen molar-refractivity contribution in [3.8, 4) is 0 Å². The number of likely N-dealkylation sites (tertiary alicyclic amines) is 1. The summed E-state index contributed by atoms with van der Waals surface area (Å²) in [5.74, 6) is 2.61. The summed E-state index contributed by atoms with van der Waals surface area (Å²) >= 11 is 0. The predicted octanol–water partition coefficient (Wildman–Crippen LogP) is 2.54.